The van der Waals surface area contributed by atoms with Gasteiger partial charge in [-0.3, -0.25) is 9.48 Å². The van der Waals surface area contributed by atoms with Crippen LogP contribution in [-0.2, 0) is 24.1 Å². The maximum atomic E-state index is 13.0. The van der Waals surface area contributed by atoms with Crippen molar-refractivity contribution in [3.8, 4) is 0 Å². The van der Waals surface area contributed by atoms with Crippen LogP contribution in [0.1, 0.15) is 42.0 Å². The molecule has 3 rings (SSSR count). The van der Waals surface area contributed by atoms with Crippen LogP contribution in [-0.4, -0.2) is 65.7 Å². The summed E-state index contributed by atoms with van der Waals surface area (Å²) in [6.45, 7) is 5.86. The van der Waals surface area contributed by atoms with Gasteiger partial charge in [0, 0.05) is 36.9 Å². The van der Waals surface area contributed by atoms with E-state index in [1.807, 2.05) is 4.68 Å². The van der Waals surface area contributed by atoms with Crippen molar-refractivity contribution in [2.24, 2.45) is 5.92 Å². The van der Waals surface area contributed by atoms with Crippen LogP contribution in [0.5, 0.6) is 0 Å². The predicted octanol–water partition coefficient (Wildman–Crippen LogP) is 2.02. The summed E-state index contributed by atoms with van der Waals surface area (Å²) in [5, 5.41) is 7.18. The van der Waals surface area contributed by atoms with Gasteiger partial charge in [0.15, 0.2) is 5.69 Å². The summed E-state index contributed by atoms with van der Waals surface area (Å²) < 4.78 is 44.8. The normalized spacial score (nSPS) is 20.8. The molecule has 1 fully saturated rings. The van der Waals surface area contributed by atoms with Gasteiger partial charge in [-0.05, 0) is 25.2 Å². The lowest BCUT2D eigenvalue weighted by Gasteiger charge is -2.28. The second kappa shape index (κ2) is 8.18. The Morgan fingerprint density at radius 2 is 2.04 bits per heavy atom. The molecule has 6 nitrogen and oxygen atoms in total. The van der Waals surface area contributed by atoms with Crippen molar-refractivity contribution in [3.05, 3.63) is 17.0 Å². The van der Waals surface area contributed by atoms with E-state index < -0.39 is 12.7 Å². The molecule has 1 saturated heterocycles. The first kappa shape index (κ1) is 20.1. The Bertz CT molecular complexity index is 666. The number of nitrogens with zero attached hydrogens (tertiary/aromatic N) is 3. The predicted molar refractivity (Wildman–Crippen MR) is 93.7 cm³/mol. The first-order valence-corrected chi connectivity index (χ1v) is 9.50. The van der Waals surface area contributed by atoms with Crippen LogP contribution in [0, 0.1) is 5.92 Å². The average Bonchev–Trinajstić information content (AvgIpc) is 2.96. The van der Waals surface area contributed by atoms with Gasteiger partial charge in [-0.2, -0.15) is 18.3 Å². The molecule has 1 amide bonds. The van der Waals surface area contributed by atoms with Crippen molar-refractivity contribution in [1.29, 1.82) is 0 Å². The van der Waals surface area contributed by atoms with Gasteiger partial charge in [-0.25, -0.2) is 0 Å². The Morgan fingerprint density at radius 1 is 1.33 bits per heavy atom. The number of ether oxygens (including phenoxy) is 1. The Balaban J connectivity index is 1.83. The molecule has 0 radical (unpaired) electrons. The van der Waals surface area contributed by atoms with Crippen molar-refractivity contribution in [1.82, 2.24) is 20.0 Å². The first-order chi connectivity index (χ1) is 12.7. The van der Waals surface area contributed by atoms with Crippen molar-refractivity contribution < 1.29 is 22.7 Å². The number of carbonyl (C=O) groups is 1. The van der Waals surface area contributed by atoms with E-state index in [9.17, 15) is 18.0 Å². The number of amides is 1. The molecule has 2 aliphatic rings. The minimum absolute atomic E-state index is 0.145. The summed E-state index contributed by atoms with van der Waals surface area (Å²) >= 11 is 0. The Labute approximate surface area is 157 Å². The van der Waals surface area contributed by atoms with E-state index in [-0.39, 0.29) is 11.9 Å². The summed E-state index contributed by atoms with van der Waals surface area (Å²) in [5.41, 5.74) is 2.19. The molecule has 0 bridgehead atoms. The molecule has 0 spiro atoms. The van der Waals surface area contributed by atoms with E-state index in [1.165, 1.54) is 0 Å². The standard InChI is InChI=1S/C18H27F3N4O2/c1-12(2)10-25-15-4-3-13(22-11-18(19,20)21)9-14(15)16(23-25)17(26)24-5-7-27-8-6-24/h12-13,22H,3-11H2,1-2H3. The number of alkyl halides is 3. The van der Waals surface area contributed by atoms with E-state index in [0.29, 0.717) is 63.7 Å². The van der Waals surface area contributed by atoms with Crippen LogP contribution < -0.4 is 5.32 Å². The third kappa shape index (κ3) is 5.01. The van der Waals surface area contributed by atoms with Crippen molar-refractivity contribution in [2.75, 3.05) is 32.8 Å². The number of halogens is 3. The lowest BCUT2D eigenvalue weighted by atomic mass is 9.91. The maximum Gasteiger partial charge on any atom is 0.401 e. The number of rotatable bonds is 5. The third-order valence-corrected chi connectivity index (χ3v) is 4.98. The molecule has 9 heteroatoms. The van der Waals surface area contributed by atoms with Crippen LogP contribution in [0.3, 0.4) is 0 Å². The van der Waals surface area contributed by atoms with Gasteiger partial charge in [0.05, 0.1) is 19.8 Å². The lowest BCUT2D eigenvalue weighted by Crippen LogP contribution is -2.42. The number of hydrogen-bond acceptors (Lipinski definition) is 4. The van der Waals surface area contributed by atoms with E-state index in [0.717, 1.165) is 11.3 Å². The fourth-order valence-electron chi connectivity index (χ4n) is 3.71. The number of fused-ring (bicyclic) bond motifs is 1. The number of aromatic nitrogens is 2. The molecule has 1 unspecified atom stereocenters. The quantitative estimate of drug-likeness (QED) is 0.839. The van der Waals surface area contributed by atoms with E-state index in [1.54, 1.807) is 4.90 Å². The molecule has 2 heterocycles. The molecule has 27 heavy (non-hydrogen) atoms. The van der Waals surface area contributed by atoms with Crippen LogP contribution in [0.15, 0.2) is 0 Å². The van der Waals surface area contributed by atoms with Crippen LogP contribution in [0.2, 0.25) is 0 Å². The average molecular weight is 388 g/mol. The highest BCUT2D eigenvalue weighted by Crippen LogP contribution is 2.27. The van der Waals surface area contributed by atoms with Crippen LogP contribution in [0.25, 0.3) is 0 Å². The highest BCUT2D eigenvalue weighted by molar-refractivity contribution is 5.94. The topological polar surface area (TPSA) is 59.4 Å². The van der Waals surface area contributed by atoms with Crippen LogP contribution >= 0.6 is 0 Å². The Morgan fingerprint density at radius 3 is 2.67 bits per heavy atom. The molecule has 1 aromatic rings. The second-order valence-electron chi connectivity index (χ2n) is 7.69. The van der Waals surface area contributed by atoms with Gasteiger partial charge in [0.1, 0.15) is 0 Å². The zero-order valence-electron chi connectivity index (χ0n) is 15.8. The van der Waals surface area contributed by atoms with Gasteiger partial charge in [-0.15, -0.1) is 0 Å². The molecular formula is C18H27F3N4O2. The summed E-state index contributed by atoms with van der Waals surface area (Å²) in [6.07, 6.45) is -2.61. The van der Waals surface area contributed by atoms with Gasteiger partial charge in [-0.1, -0.05) is 13.8 Å². The molecule has 152 valence electrons. The summed E-state index contributed by atoms with van der Waals surface area (Å²) in [5.74, 6) is 0.218. The second-order valence-corrected chi connectivity index (χ2v) is 7.69. The molecule has 0 saturated carbocycles. The molecule has 1 N–H and O–H groups in total. The smallest absolute Gasteiger partial charge is 0.378 e. The molecule has 0 aromatic carbocycles. The highest BCUT2D eigenvalue weighted by Gasteiger charge is 2.34. The Kier molecular flexibility index (Phi) is 6.10. The van der Waals surface area contributed by atoms with Crippen molar-refractivity contribution in [3.63, 3.8) is 0 Å². The van der Waals surface area contributed by atoms with Gasteiger partial charge in [0.2, 0.25) is 0 Å². The number of hydrogen-bond donors (Lipinski definition) is 1. The van der Waals surface area contributed by atoms with E-state index in [4.69, 9.17) is 4.74 Å². The first-order valence-electron chi connectivity index (χ1n) is 9.50. The number of carbonyl (C=O) groups excluding carboxylic acids is 1. The molecule has 1 aromatic heterocycles. The van der Waals surface area contributed by atoms with E-state index in [2.05, 4.69) is 24.3 Å². The zero-order chi connectivity index (χ0) is 19.6. The molecule has 1 aliphatic heterocycles. The lowest BCUT2D eigenvalue weighted by molar-refractivity contribution is -0.126. The fraction of sp³-hybridized carbons (Fsp3) is 0.778. The van der Waals surface area contributed by atoms with Crippen molar-refractivity contribution in [2.45, 2.75) is 51.9 Å². The minimum atomic E-state index is -4.24. The molecule has 1 atom stereocenters. The van der Waals surface area contributed by atoms with Crippen LogP contribution in [0.4, 0.5) is 13.2 Å². The summed E-state index contributed by atoms with van der Waals surface area (Å²) in [4.78, 5) is 14.7. The Hall–Kier alpha value is -1.61. The van der Waals surface area contributed by atoms with Crippen molar-refractivity contribution >= 4 is 5.91 Å². The molecular weight excluding hydrogens is 361 g/mol. The maximum absolute atomic E-state index is 13.0. The largest absolute Gasteiger partial charge is 0.401 e. The van der Waals surface area contributed by atoms with Gasteiger partial charge < -0.3 is 15.0 Å². The highest BCUT2D eigenvalue weighted by atomic mass is 19.4. The summed E-state index contributed by atoms with van der Waals surface area (Å²) in [6, 6.07) is -0.299. The third-order valence-electron chi connectivity index (χ3n) is 4.98. The minimum Gasteiger partial charge on any atom is -0.378 e. The van der Waals surface area contributed by atoms with Gasteiger partial charge in [0.25, 0.3) is 5.91 Å². The van der Waals surface area contributed by atoms with E-state index >= 15 is 0 Å². The fourth-order valence-corrected chi connectivity index (χ4v) is 3.71. The zero-order valence-corrected chi connectivity index (χ0v) is 15.8. The number of nitrogens with one attached hydrogen (secondary N) is 1. The number of morpholine rings is 1. The molecule has 1 aliphatic carbocycles. The monoisotopic (exact) mass is 388 g/mol. The summed E-state index contributed by atoms with van der Waals surface area (Å²) in [7, 11) is 0. The van der Waals surface area contributed by atoms with Gasteiger partial charge >= 0.3 is 6.18 Å². The SMILES string of the molecule is CC(C)Cn1nc(C(=O)N2CCOCC2)c2c1CCC(NCC(F)(F)F)C2.